The van der Waals surface area contributed by atoms with E-state index in [9.17, 15) is 0 Å². The van der Waals surface area contributed by atoms with Crippen molar-refractivity contribution in [1.82, 2.24) is 4.98 Å². The summed E-state index contributed by atoms with van der Waals surface area (Å²) in [5, 5.41) is 3.46. The number of nitrogens with one attached hydrogen (secondary N) is 1. The number of anilines is 1. The number of aryl methyl sites for hydroxylation is 1. The van der Waals surface area contributed by atoms with Crippen molar-refractivity contribution < 1.29 is 0 Å². The molecular formula is C17H22N2. The molecule has 0 spiro atoms. The SMILES string of the molecule is C=C(C)c1ccc(NC(C)C2=CCCC=C2)nc1C. The van der Waals surface area contributed by atoms with Crippen LogP contribution in [0.2, 0.25) is 0 Å². The van der Waals surface area contributed by atoms with E-state index in [-0.39, 0.29) is 0 Å². The van der Waals surface area contributed by atoms with Gasteiger partial charge in [0.2, 0.25) is 0 Å². The molecule has 1 aliphatic carbocycles. The molecule has 0 amide bonds. The van der Waals surface area contributed by atoms with Crippen molar-refractivity contribution in [2.75, 3.05) is 5.32 Å². The second-order valence-corrected chi connectivity index (χ2v) is 5.16. The number of aromatic nitrogens is 1. The first kappa shape index (κ1) is 13.6. The van der Waals surface area contributed by atoms with Crippen molar-refractivity contribution in [3.8, 4) is 0 Å². The van der Waals surface area contributed by atoms with Crippen LogP contribution in [0.4, 0.5) is 5.82 Å². The lowest BCUT2D eigenvalue weighted by atomic mass is 10.0. The van der Waals surface area contributed by atoms with E-state index >= 15 is 0 Å². The lowest BCUT2D eigenvalue weighted by molar-refractivity contribution is 0.896. The summed E-state index contributed by atoms with van der Waals surface area (Å²) in [7, 11) is 0. The molecule has 19 heavy (non-hydrogen) atoms. The monoisotopic (exact) mass is 254 g/mol. The molecule has 1 atom stereocenters. The molecule has 0 bridgehead atoms. The standard InChI is InChI=1S/C17H22N2/c1-12(2)16-10-11-17(19-14(16)4)18-13(3)15-8-6-5-7-9-15/h6,8-11,13H,1,5,7H2,2-4H3,(H,18,19). The number of rotatable bonds is 4. The zero-order valence-electron chi connectivity index (χ0n) is 12.0. The minimum Gasteiger partial charge on any atom is -0.364 e. The summed E-state index contributed by atoms with van der Waals surface area (Å²) in [6, 6.07) is 4.41. The Bertz CT molecular complexity index is 538. The van der Waals surface area contributed by atoms with Crippen molar-refractivity contribution >= 4 is 11.4 Å². The van der Waals surface area contributed by atoms with Gasteiger partial charge < -0.3 is 5.32 Å². The Morgan fingerprint density at radius 3 is 2.74 bits per heavy atom. The van der Waals surface area contributed by atoms with E-state index < -0.39 is 0 Å². The highest BCUT2D eigenvalue weighted by Gasteiger charge is 2.09. The molecule has 0 fully saturated rings. The predicted molar refractivity (Wildman–Crippen MR) is 83.2 cm³/mol. The zero-order valence-corrected chi connectivity index (χ0v) is 12.0. The molecule has 1 aromatic heterocycles. The van der Waals surface area contributed by atoms with Gasteiger partial charge in [-0.1, -0.05) is 24.8 Å². The van der Waals surface area contributed by atoms with Crippen molar-refractivity contribution in [2.24, 2.45) is 0 Å². The molecule has 1 N–H and O–H groups in total. The molecule has 2 heteroatoms. The maximum Gasteiger partial charge on any atom is 0.126 e. The van der Waals surface area contributed by atoms with Crippen LogP contribution in [0.25, 0.3) is 5.57 Å². The van der Waals surface area contributed by atoms with Gasteiger partial charge in [0.25, 0.3) is 0 Å². The lowest BCUT2D eigenvalue weighted by Crippen LogP contribution is -2.18. The lowest BCUT2D eigenvalue weighted by Gasteiger charge is -2.18. The Labute approximate surface area is 116 Å². The van der Waals surface area contributed by atoms with Crippen LogP contribution in [-0.2, 0) is 0 Å². The third-order valence-electron chi connectivity index (χ3n) is 3.43. The minimum atomic E-state index is 0.291. The summed E-state index contributed by atoms with van der Waals surface area (Å²) in [6.07, 6.45) is 9.03. The summed E-state index contributed by atoms with van der Waals surface area (Å²) in [4.78, 5) is 4.61. The molecule has 0 radical (unpaired) electrons. The van der Waals surface area contributed by atoms with Crippen LogP contribution in [-0.4, -0.2) is 11.0 Å². The van der Waals surface area contributed by atoms with Crippen LogP contribution in [0.5, 0.6) is 0 Å². The molecule has 0 saturated heterocycles. The van der Waals surface area contributed by atoms with E-state index in [1.807, 2.05) is 19.9 Å². The average molecular weight is 254 g/mol. The molecule has 1 unspecified atom stereocenters. The number of pyridine rings is 1. The average Bonchev–Trinajstić information content (AvgIpc) is 2.39. The van der Waals surface area contributed by atoms with Gasteiger partial charge in [-0.25, -0.2) is 4.98 Å². The largest absolute Gasteiger partial charge is 0.364 e. The molecule has 1 aliphatic rings. The maximum absolute atomic E-state index is 4.61. The van der Waals surface area contributed by atoms with Crippen LogP contribution in [0.15, 0.2) is 42.5 Å². The van der Waals surface area contributed by atoms with Gasteiger partial charge in [0.15, 0.2) is 0 Å². The number of hydrogen-bond acceptors (Lipinski definition) is 2. The van der Waals surface area contributed by atoms with E-state index in [1.54, 1.807) is 0 Å². The fourth-order valence-electron chi connectivity index (χ4n) is 2.35. The zero-order chi connectivity index (χ0) is 13.8. The molecule has 0 aliphatic heterocycles. The summed E-state index contributed by atoms with van der Waals surface area (Å²) in [6.45, 7) is 10.2. The normalized spacial score (nSPS) is 15.8. The maximum atomic E-state index is 4.61. The van der Waals surface area contributed by atoms with Crippen LogP contribution in [0, 0.1) is 6.92 Å². The second kappa shape index (κ2) is 5.87. The van der Waals surface area contributed by atoms with E-state index in [1.165, 1.54) is 5.57 Å². The Hall–Kier alpha value is -1.83. The van der Waals surface area contributed by atoms with Crippen LogP contribution in [0.3, 0.4) is 0 Å². The number of nitrogens with zero attached hydrogens (tertiary/aromatic N) is 1. The van der Waals surface area contributed by atoms with Crippen molar-refractivity contribution in [3.63, 3.8) is 0 Å². The minimum absolute atomic E-state index is 0.291. The molecular weight excluding hydrogens is 232 g/mol. The molecule has 1 heterocycles. The van der Waals surface area contributed by atoms with Gasteiger partial charge in [0, 0.05) is 11.7 Å². The van der Waals surface area contributed by atoms with Crippen LogP contribution < -0.4 is 5.32 Å². The van der Waals surface area contributed by atoms with Gasteiger partial charge >= 0.3 is 0 Å². The van der Waals surface area contributed by atoms with E-state index in [2.05, 4.69) is 48.1 Å². The fourth-order valence-corrected chi connectivity index (χ4v) is 2.35. The third-order valence-corrected chi connectivity index (χ3v) is 3.43. The van der Waals surface area contributed by atoms with Gasteiger partial charge in [-0.2, -0.15) is 0 Å². The summed E-state index contributed by atoms with van der Waals surface area (Å²) in [5.41, 5.74) is 4.56. The van der Waals surface area contributed by atoms with E-state index in [4.69, 9.17) is 0 Å². The summed E-state index contributed by atoms with van der Waals surface area (Å²) >= 11 is 0. The summed E-state index contributed by atoms with van der Waals surface area (Å²) < 4.78 is 0. The first-order chi connectivity index (χ1) is 9.08. The van der Waals surface area contributed by atoms with E-state index in [0.29, 0.717) is 6.04 Å². The highest BCUT2D eigenvalue weighted by Crippen LogP contribution is 2.20. The van der Waals surface area contributed by atoms with Crippen LogP contribution in [0.1, 0.15) is 37.9 Å². The molecule has 0 saturated carbocycles. The predicted octanol–water partition coefficient (Wildman–Crippen LogP) is 4.50. The van der Waals surface area contributed by atoms with E-state index in [0.717, 1.165) is 35.5 Å². The number of allylic oxidation sites excluding steroid dienone is 3. The Balaban J connectivity index is 2.11. The molecule has 2 nitrogen and oxygen atoms in total. The highest BCUT2D eigenvalue weighted by atomic mass is 15.0. The van der Waals surface area contributed by atoms with Gasteiger partial charge in [-0.15, -0.1) is 0 Å². The Morgan fingerprint density at radius 1 is 1.37 bits per heavy atom. The third kappa shape index (κ3) is 3.34. The second-order valence-electron chi connectivity index (χ2n) is 5.16. The highest BCUT2D eigenvalue weighted by molar-refractivity contribution is 5.64. The van der Waals surface area contributed by atoms with Crippen LogP contribution >= 0.6 is 0 Å². The first-order valence-electron chi connectivity index (χ1n) is 6.84. The summed E-state index contributed by atoms with van der Waals surface area (Å²) in [5.74, 6) is 0.926. The topological polar surface area (TPSA) is 24.9 Å². The number of hydrogen-bond donors (Lipinski definition) is 1. The smallest absolute Gasteiger partial charge is 0.126 e. The Kier molecular flexibility index (Phi) is 4.20. The molecule has 2 rings (SSSR count). The van der Waals surface area contributed by atoms with Gasteiger partial charge in [-0.05, 0) is 62.5 Å². The van der Waals surface area contributed by atoms with Crippen molar-refractivity contribution in [1.29, 1.82) is 0 Å². The Morgan fingerprint density at radius 2 is 2.16 bits per heavy atom. The van der Waals surface area contributed by atoms with Crippen molar-refractivity contribution in [2.45, 2.75) is 39.7 Å². The van der Waals surface area contributed by atoms with Gasteiger partial charge in [-0.3, -0.25) is 0 Å². The van der Waals surface area contributed by atoms with Crippen molar-refractivity contribution in [3.05, 3.63) is 53.8 Å². The molecule has 1 aromatic rings. The quantitative estimate of drug-likeness (QED) is 0.855. The molecule has 100 valence electrons. The molecule has 0 aromatic carbocycles. The fraction of sp³-hybridized carbons (Fsp3) is 0.353. The van der Waals surface area contributed by atoms with Gasteiger partial charge in [0.05, 0.1) is 0 Å². The van der Waals surface area contributed by atoms with Gasteiger partial charge in [0.1, 0.15) is 5.82 Å². The first-order valence-corrected chi connectivity index (χ1v) is 6.84.